The van der Waals surface area contributed by atoms with Gasteiger partial charge in [-0.25, -0.2) is 0 Å². The smallest absolute Gasteiger partial charge is 0.254 e. The predicted molar refractivity (Wildman–Crippen MR) is 100 cm³/mol. The lowest BCUT2D eigenvalue weighted by Gasteiger charge is -2.40. The quantitative estimate of drug-likeness (QED) is 0.870. The van der Waals surface area contributed by atoms with E-state index in [1.165, 1.54) is 12.8 Å². The SMILES string of the molecule is CNC(=O)[C@H](C1CCCC1)N1CCN(C(=O)c2cccc(OC)c2)CC1. The first kappa shape index (κ1) is 18.7. The molecule has 1 N–H and O–H groups in total. The molecule has 1 atom stereocenters. The summed E-state index contributed by atoms with van der Waals surface area (Å²) < 4.78 is 5.21. The first-order valence-corrected chi connectivity index (χ1v) is 9.53. The Morgan fingerprint density at radius 1 is 1.15 bits per heavy atom. The van der Waals surface area contributed by atoms with Crippen LogP contribution in [0.2, 0.25) is 0 Å². The van der Waals surface area contributed by atoms with Crippen LogP contribution in [0.3, 0.4) is 0 Å². The maximum absolute atomic E-state index is 12.8. The van der Waals surface area contributed by atoms with Crippen molar-refractivity contribution in [2.75, 3.05) is 40.3 Å². The Kier molecular flexibility index (Phi) is 6.14. The number of carbonyl (C=O) groups is 2. The number of methoxy groups -OCH3 is 1. The number of nitrogens with one attached hydrogen (secondary N) is 1. The molecule has 0 aromatic heterocycles. The van der Waals surface area contributed by atoms with E-state index in [1.54, 1.807) is 20.2 Å². The number of benzene rings is 1. The largest absolute Gasteiger partial charge is 0.497 e. The van der Waals surface area contributed by atoms with Gasteiger partial charge in [0.2, 0.25) is 5.91 Å². The minimum Gasteiger partial charge on any atom is -0.497 e. The number of carbonyl (C=O) groups excluding carboxylic acids is 2. The topological polar surface area (TPSA) is 61.9 Å². The predicted octanol–water partition coefficient (Wildman–Crippen LogP) is 1.76. The molecule has 2 fully saturated rings. The lowest BCUT2D eigenvalue weighted by Crippen LogP contribution is -2.57. The van der Waals surface area contributed by atoms with Gasteiger partial charge in [0, 0.05) is 38.8 Å². The van der Waals surface area contributed by atoms with E-state index in [0.29, 0.717) is 30.3 Å². The lowest BCUT2D eigenvalue weighted by atomic mass is 9.95. The molecule has 6 nitrogen and oxygen atoms in total. The van der Waals surface area contributed by atoms with Gasteiger partial charge in [-0.2, -0.15) is 0 Å². The summed E-state index contributed by atoms with van der Waals surface area (Å²) in [5.41, 5.74) is 0.649. The average Bonchev–Trinajstić information content (AvgIpc) is 3.22. The molecule has 1 saturated heterocycles. The van der Waals surface area contributed by atoms with Gasteiger partial charge in [0.1, 0.15) is 5.75 Å². The fourth-order valence-electron chi connectivity index (χ4n) is 4.24. The number of amides is 2. The maximum atomic E-state index is 12.8. The number of likely N-dealkylation sites (N-methyl/N-ethyl adjacent to an activating group) is 1. The van der Waals surface area contributed by atoms with Gasteiger partial charge in [0.05, 0.1) is 13.2 Å². The third-order valence-electron chi connectivity index (χ3n) is 5.67. The Morgan fingerprint density at radius 3 is 2.46 bits per heavy atom. The molecular formula is C20H29N3O3. The molecule has 1 saturated carbocycles. The molecule has 0 bridgehead atoms. The van der Waals surface area contributed by atoms with Crippen molar-refractivity contribution in [3.8, 4) is 5.75 Å². The second kappa shape index (κ2) is 8.54. The van der Waals surface area contributed by atoms with Crippen LogP contribution in [0.1, 0.15) is 36.0 Å². The van der Waals surface area contributed by atoms with Crippen molar-refractivity contribution in [3.05, 3.63) is 29.8 Å². The Morgan fingerprint density at radius 2 is 1.85 bits per heavy atom. The van der Waals surface area contributed by atoms with Gasteiger partial charge in [-0.15, -0.1) is 0 Å². The van der Waals surface area contributed by atoms with Crippen LogP contribution >= 0.6 is 0 Å². The maximum Gasteiger partial charge on any atom is 0.254 e. The molecule has 0 radical (unpaired) electrons. The Hall–Kier alpha value is -2.08. The first-order chi connectivity index (χ1) is 12.6. The second-order valence-electron chi connectivity index (χ2n) is 7.16. The number of piperazine rings is 1. The van der Waals surface area contributed by atoms with Crippen LogP contribution in [0, 0.1) is 5.92 Å². The van der Waals surface area contributed by atoms with Crippen molar-refractivity contribution in [3.63, 3.8) is 0 Å². The van der Waals surface area contributed by atoms with Crippen LogP contribution in [0.25, 0.3) is 0 Å². The molecule has 2 aliphatic rings. The van der Waals surface area contributed by atoms with Crippen molar-refractivity contribution in [2.45, 2.75) is 31.7 Å². The standard InChI is InChI=1S/C20H29N3O3/c1-21-19(24)18(15-6-3-4-7-15)22-10-12-23(13-11-22)20(25)16-8-5-9-17(14-16)26-2/h5,8-9,14-15,18H,3-4,6-7,10-13H2,1-2H3,(H,21,24)/t18-/m0/s1. The van der Waals surface area contributed by atoms with Crippen molar-refractivity contribution < 1.29 is 14.3 Å². The summed E-state index contributed by atoms with van der Waals surface area (Å²) in [4.78, 5) is 29.4. The third-order valence-corrected chi connectivity index (χ3v) is 5.67. The lowest BCUT2D eigenvalue weighted by molar-refractivity contribution is -0.128. The van der Waals surface area contributed by atoms with Crippen LogP contribution in [0.15, 0.2) is 24.3 Å². The zero-order chi connectivity index (χ0) is 18.5. The van der Waals surface area contributed by atoms with E-state index in [2.05, 4.69) is 10.2 Å². The summed E-state index contributed by atoms with van der Waals surface area (Å²) in [5.74, 6) is 1.27. The first-order valence-electron chi connectivity index (χ1n) is 9.53. The van der Waals surface area contributed by atoms with E-state index < -0.39 is 0 Å². The Balaban J connectivity index is 1.63. The zero-order valence-corrected chi connectivity index (χ0v) is 15.7. The summed E-state index contributed by atoms with van der Waals surface area (Å²) in [6, 6.07) is 7.22. The van der Waals surface area contributed by atoms with Gasteiger partial charge in [-0.05, 0) is 37.0 Å². The van der Waals surface area contributed by atoms with Crippen molar-refractivity contribution >= 4 is 11.8 Å². The number of hydrogen-bond acceptors (Lipinski definition) is 4. The van der Waals surface area contributed by atoms with Crippen LogP contribution in [0.4, 0.5) is 0 Å². The Bertz CT molecular complexity index is 635. The highest BCUT2D eigenvalue weighted by atomic mass is 16.5. The molecule has 1 aliphatic carbocycles. The van der Waals surface area contributed by atoms with Gasteiger partial charge < -0.3 is 15.0 Å². The fourth-order valence-corrected chi connectivity index (χ4v) is 4.24. The summed E-state index contributed by atoms with van der Waals surface area (Å²) in [5, 5.41) is 2.84. The van der Waals surface area contributed by atoms with Crippen LogP contribution in [0.5, 0.6) is 5.75 Å². The molecule has 1 aromatic rings. The summed E-state index contributed by atoms with van der Waals surface area (Å²) >= 11 is 0. The monoisotopic (exact) mass is 359 g/mol. The van der Waals surface area contributed by atoms with Crippen LogP contribution < -0.4 is 10.1 Å². The molecule has 6 heteroatoms. The number of rotatable bonds is 5. The number of nitrogens with zero attached hydrogens (tertiary/aromatic N) is 2. The van der Waals surface area contributed by atoms with E-state index in [-0.39, 0.29) is 17.9 Å². The molecular weight excluding hydrogens is 330 g/mol. The highest BCUT2D eigenvalue weighted by Crippen LogP contribution is 2.31. The number of ether oxygens (including phenoxy) is 1. The average molecular weight is 359 g/mol. The van der Waals surface area contributed by atoms with E-state index in [4.69, 9.17) is 4.74 Å². The second-order valence-corrected chi connectivity index (χ2v) is 7.16. The zero-order valence-electron chi connectivity index (χ0n) is 15.7. The molecule has 26 heavy (non-hydrogen) atoms. The summed E-state index contributed by atoms with van der Waals surface area (Å²) in [6.45, 7) is 2.78. The molecule has 142 valence electrons. The third kappa shape index (κ3) is 4.01. The van der Waals surface area contributed by atoms with Crippen molar-refractivity contribution in [1.82, 2.24) is 15.1 Å². The fraction of sp³-hybridized carbons (Fsp3) is 0.600. The van der Waals surface area contributed by atoms with E-state index >= 15 is 0 Å². The minimum absolute atomic E-state index is 0.0286. The minimum atomic E-state index is -0.0587. The highest BCUT2D eigenvalue weighted by molar-refractivity contribution is 5.94. The molecule has 1 heterocycles. The van der Waals surface area contributed by atoms with Gasteiger partial charge >= 0.3 is 0 Å². The van der Waals surface area contributed by atoms with E-state index in [1.807, 2.05) is 23.1 Å². The molecule has 1 aromatic carbocycles. The van der Waals surface area contributed by atoms with Gasteiger partial charge in [0.15, 0.2) is 0 Å². The summed E-state index contributed by atoms with van der Waals surface area (Å²) in [6.07, 6.45) is 4.68. The molecule has 3 rings (SSSR count). The Labute approximate surface area is 155 Å². The van der Waals surface area contributed by atoms with Gasteiger partial charge in [-0.3, -0.25) is 14.5 Å². The number of hydrogen-bond donors (Lipinski definition) is 1. The van der Waals surface area contributed by atoms with Gasteiger partial charge in [0.25, 0.3) is 5.91 Å². The highest BCUT2D eigenvalue weighted by Gasteiger charge is 2.36. The van der Waals surface area contributed by atoms with Crippen LogP contribution in [-0.4, -0.2) is 68.0 Å². The van der Waals surface area contributed by atoms with Crippen LogP contribution in [-0.2, 0) is 4.79 Å². The summed E-state index contributed by atoms with van der Waals surface area (Å²) in [7, 11) is 3.32. The van der Waals surface area contributed by atoms with Crippen molar-refractivity contribution in [2.24, 2.45) is 5.92 Å². The molecule has 0 unspecified atom stereocenters. The van der Waals surface area contributed by atoms with Gasteiger partial charge in [-0.1, -0.05) is 18.9 Å². The van der Waals surface area contributed by atoms with E-state index in [9.17, 15) is 9.59 Å². The molecule has 2 amide bonds. The molecule has 1 aliphatic heterocycles. The van der Waals surface area contributed by atoms with E-state index in [0.717, 1.165) is 25.9 Å². The molecule has 0 spiro atoms. The van der Waals surface area contributed by atoms with Crippen molar-refractivity contribution in [1.29, 1.82) is 0 Å². The normalized spacial score (nSPS) is 20.0.